The van der Waals surface area contributed by atoms with Crippen molar-refractivity contribution < 1.29 is 14.4 Å². The maximum Gasteiger partial charge on any atom is 0.540 e. The zero-order valence-corrected chi connectivity index (χ0v) is 6.30. The van der Waals surface area contributed by atoms with Crippen molar-refractivity contribution in [2.45, 2.75) is 0 Å². The van der Waals surface area contributed by atoms with E-state index in [2.05, 4.69) is 15.1 Å². The maximum atomic E-state index is 10.9. The summed E-state index contributed by atoms with van der Waals surface area (Å²) in [6.45, 7) is 0. The van der Waals surface area contributed by atoms with E-state index < -0.39 is 6.16 Å². The molecular weight excluding hydrogens is 174 g/mol. The molecule has 0 saturated carbocycles. The Morgan fingerprint density at radius 2 is 2.31 bits per heavy atom. The second-order valence-electron chi connectivity index (χ2n) is 2.53. The summed E-state index contributed by atoms with van der Waals surface area (Å²) in [6.07, 6.45) is -0.805. The van der Waals surface area contributed by atoms with Gasteiger partial charge in [0.15, 0.2) is 11.3 Å². The molecule has 0 radical (unpaired) electrons. The zero-order valence-electron chi connectivity index (χ0n) is 6.30. The van der Waals surface area contributed by atoms with E-state index in [0.717, 1.165) is 4.85 Å². The first-order valence-corrected chi connectivity index (χ1v) is 3.59. The molecule has 0 N–H and O–H groups in total. The number of nitrogens with zero attached hydrogens (tertiary/aromatic N) is 3. The topological polar surface area (TPSA) is 66.2 Å². The summed E-state index contributed by atoms with van der Waals surface area (Å²) in [5.41, 5.74) is 1.14. The van der Waals surface area contributed by atoms with Crippen LogP contribution in [0, 0.1) is 0 Å². The predicted octanol–water partition coefficient (Wildman–Crippen LogP) is 0.372. The van der Waals surface area contributed by atoms with E-state index in [-0.39, 0.29) is 0 Å². The smallest absolute Gasteiger partial charge is 0.391 e. The van der Waals surface area contributed by atoms with Gasteiger partial charge in [-0.15, -0.1) is 5.10 Å². The quantitative estimate of drug-likeness (QED) is 0.330. The highest BCUT2D eigenvalue weighted by Gasteiger charge is 2.20. The monoisotopic (exact) mass is 177 g/mol. The normalized spacial score (nSPS) is 14.0. The maximum absolute atomic E-state index is 10.9. The van der Waals surface area contributed by atoms with Crippen molar-refractivity contribution in [1.29, 1.82) is 0 Å². The van der Waals surface area contributed by atoms with Crippen molar-refractivity contribution in [2.75, 3.05) is 0 Å². The zero-order chi connectivity index (χ0) is 8.84. The van der Waals surface area contributed by atoms with Crippen molar-refractivity contribution in [3.05, 3.63) is 18.2 Å². The van der Waals surface area contributed by atoms with E-state index in [1.807, 2.05) is 0 Å². The molecule has 6 heteroatoms. The second-order valence-corrected chi connectivity index (χ2v) is 2.53. The van der Waals surface area contributed by atoms with Crippen molar-refractivity contribution in [1.82, 2.24) is 15.2 Å². The van der Waals surface area contributed by atoms with Crippen LogP contribution in [0.1, 0.15) is 0 Å². The molecule has 4 bridgehead atoms. The fourth-order valence-electron chi connectivity index (χ4n) is 1.23. The number of hydrogen-bond acceptors (Lipinski definition) is 5. The Labute approximate surface area is 71.6 Å². The van der Waals surface area contributed by atoms with Gasteiger partial charge in [0.05, 0.1) is 0 Å². The number of aromatic nitrogens is 3. The minimum atomic E-state index is -0.805. The minimum absolute atomic E-state index is 0.367. The number of carbonyl (C=O) groups excluding carboxylic acids is 1. The van der Waals surface area contributed by atoms with Gasteiger partial charge in [-0.1, -0.05) is 10.9 Å². The van der Waals surface area contributed by atoms with Gasteiger partial charge in [-0.3, -0.25) is 4.84 Å². The second kappa shape index (κ2) is 1.98. The molecule has 1 aliphatic rings. The molecular formula is C7H3N3O3. The summed E-state index contributed by atoms with van der Waals surface area (Å²) < 4.78 is 4.81. The van der Waals surface area contributed by atoms with Gasteiger partial charge in [0.2, 0.25) is 0 Å². The summed E-state index contributed by atoms with van der Waals surface area (Å²) >= 11 is 0. The van der Waals surface area contributed by atoms with Crippen LogP contribution in [0.4, 0.5) is 4.79 Å². The molecule has 2 heterocycles. The number of rotatable bonds is 0. The van der Waals surface area contributed by atoms with Gasteiger partial charge >= 0.3 is 6.16 Å². The van der Waals surface area contributed by atoms with E-state index in [1.165, 1.54) is 0 Å². The molecule has 0 atom stereocenters. The van der Waals surface area contributed by atoms with Crippen LogP contribution >= 0.6 is 0 Å². The van der Waals surface area contributed by atoms with Crippen molar-refractivity contribution in [3.8, 4) is 5.75 Å². The van der Waals surface area contributed by atoms with Crippen molar-refractivity contribution in [2.24, 2.45) is 0 Å². The van der Waals surface area contributed by atoms with Gasteiger partial charge in [0.25, 0.3) is 0 Å². The average Bonchev–Trinajstić information content (AvgIpc) is 2.45. The molecule has 1 aromatic heterocycles. The van der Waals surface area contributed by atoms with E-state index in [4.69, 9.17) is 4.74 Å². The van der Waals surface area contributed by atoms with Gasteiger partial charge in [-0.25, -0.2) is 4.79 Å². The van der Waals surface area contributed by atoms with E-state index in [1.54, 1.807) is 18.2 Å². The Morgan fingerprint density at radius 1 is 1.38 bits per heavy atom. The highest BCUT2D eigenvalue weighted by molar-refractivity contribution is 5.85. The summed E-state index contributed by atoms with van der Waals surface area (Å²) in [7, 11) is 0. The largest absolute Gasteiger partial charge is 0.540 e. The molecule has 6 nitrogen and oxygen atoms in total. The third-order valence-corrected chi connectivity index (χ3v) is 1.76. The fourth-order valence-corrected chi connectivity index (χ4v) is 1.23. The first-order chi connectivity index (χ1) is 6.34. The molecule has 0 amide bonds. The lowest BCUT2D eigenvalue weighted by Crippen LogP contribution is -2.23. The molecule has 2 aromatic rings. The van der Waals surface area contributed by atoms with Crippen LogP contribution in [0.5, 0.6) is 5.75 Å². The average molecular weight is 177 g/mol. The Morgan fingerprint density at radius 3 is 3.23 bits per heavy atom. The first-order valence-electron chi connectivity index (χ1n) is 3.59. The third kappa shape index (κ3) is 0.738. The van der Waals surface area contributed by atoms with Gasteiger partial charge in [0.1, 0.15) is 5.52 Å². The number of carbonyl (C=O) groups is 1. The lowest BCUT2D eigenvalue weighted by Gasteiger charge is -1.99. The van der Waals surface area contributed by atoms with Crippen LogP contribution in [0.3, 0.4) is 0 Å². The SMILES string of the molecule is O=C1Oc2cccc3c2nnn3O1. The van der Waals surface area contributed by atoms with E-state index in [0.29, 0.717) is 16.8 Å². The number of ether oxygens (including phenoxy) is 1. The standard InChI is InChI=1S/C7H3N3O3/c11-7-12-5-3-1-2-4-6(5)8-9-10(4)13-7/h1-3H. The Bertz CT molecular complexity index is 505. The number of hydrogen-bond donors (Lipinski definition) is 0. The third-order valence-electron chi connectivity index (χ3n) is 1.76. The van der Waals surface area contributed by atoms with Gasteiger partial charge in [-0.05, 0) is 17.3 Å². The highest BCUT2D eigenvalue weighted by Crippen LogP contribution is 2.24. The van der Waals surface area contributed by atoms with E-state index in [9.17, 15) is 4.79 Å². The molecule has 1 aliphatic heterocycles. The van der Waals surface area contributed by atoms with Crippen LogP contribution in [0.25, 0.3) is 11.0 Å². The molecule has 0 aliphatic carbocycles. The molecule has 0 fully saturated rings. The Kier molecular flexibility index (Phi) is 0.974. The van der Waals surface area contributed by atoms with Crippen LogP contribution in [0.15, 0.2) is 18.2 Å². The van der Waals surface area contributed by atoms with Gasteiger partial charge in [0, 0.05) is 0 Å². The van der Waals surface area contributed by atoms with Crippen molar-refractivity contribution >= 4 is 17.2 Å². The predicted molar refractivity (Wildman–Crippen MR) is 40.1 cm³/mol. The Balaban J connectivity index is 2.47. The van der Waals surface area contributed by atoms with Crippen molar-refractivity contribution in [3.63, 3.8) is 0 Å². The molecule has 13 heavy (non-hydrogen) atoms. The lowest BCUT2D eigenvalue weighted by atomic mass is 10.3. The summed E-state index contributed by atoms with van der Waals surface area (Å²) in [5.74, 6) is 0.367. The molecule has 1 aromatic carbocycles. The van der Waals surface area contributed by atoms with Gasteiger partial charge in [-0.2, -0.15) is 0 Å². The lowest BCUT2D eigenvalue weighted by molar-refractivity contribution is 0.0785. The Hall–Kier alpha value is -2.11. The van der Waals surface area contributed by atoms with Crippen LogP contribution < -0.4 is 9.57 Å². The minimum Gasteiger partial charge on any atom is -0.391 e. The van der Waals surface area contributed by atoms with Crippen LogP contribution in [0.2, 0.25) is 0 Å². The molecule has 64 valence electrons. The van der Waals surface area contributed by atoms with E-state index >= 15 is 0 Å². The molecule has 3 rings (SSSR count). The summed E-state index contributed by atoms with van der Waals surface area (Å²) in [4.78, 5) is 16.6. The van der Waals surface area contributed by atoms with Crippen LogP contribution in [-0.4, -0.2) is 21.3 Å². The first kappa shape index (κ1) is 6.41. The summed E-state index contributed by atoms with van der Waals surface area (Å²) in [5, 5.41) is 7.41. The fraction of sp³-hybridized carbons (Fsp3) is 0. The number of benzene rings is 1. The van der Waals surface area contributed by atoms with Gasteiger partial charge < -0.3 is 4.74 Å². The summed E-state index contributed by atoms with van der Waals surface area (Å²) in [6, 6.07) is 5.11. The molecule has 0 spiro atoms. The van der Waals surface area contributed by atoms with Crippen LogP contribution in [-0.2, 0) is 0 Å². The highest BCUT2D eigenvalue weighted by atomic mass is 16.8. The molecule has 0 unspecified atom stereocenters. The molecule has 0 saturated heterocycles.